The van der Waals surface area contributed by atoms with Crippen LogP contribution in [0.15, 0.2) is 28.8 Å². The van der Waals surface area contributed by atoms with E-state index in [0.29, 0.717) is 25.1 Å². The van der Waals surface area contributed by atoms with E-state index < -0.39 is 0 Å². The number of rotatable bonds is 5. The highest BCUT2D eigenvalue weighted by Crippen LogP contribution is 2.31. The summed E-state index contributed by atoms with van der Waals surface area (Å²) < 4.78 is 10.2. The molecule has 5 heteroatoms. The molecule has 0 radical (unpaired) electrons. The Bertz CT molecular complexity index is 568. The molecule has 1 atom stereocenters. The summed E-state index contributed by atoms with van der Waals surface area (Å²) in [4.78, 5) is 4.43. The molecule has 106 valence electrons. The Morgan fingerprint density at radius 2 is 2.20 bits per heavy atom. The van der Waals surface area contributed by atoms with E-state index in [4.69, 9.17) is 9.26 Å². The number of hydrogen-bond acceptors (Lipinski definition) is 5. The maximum absolute atomic E-state index is 5.22. The largest absolute Gasteiger partial charge is 0.383 e. The van der Waals surface area contributed by atoms with Crippen LogP contribution in [-0.4, -0.2) is 30.4 Å². The Hall–Kier alpha value is -1.88. The van der Waals surface area contributed by atoms with Crippen LogP contribution in [0, 0.1) is 0 Å². The molecule has 1 N–H and O–H groups in total. The highest BCUT2D eigenvalue weighted by atomic mass is 16.5. The zero-order valence-electron chi connectivity index (χ0n) is 11.6. The molecule has 0 spiro atoms. The standard InChI is InChI=1S/C15H19N3O2/c1-19-9-8-16-15-17-14(18-20-15)13-7-6-11-4-2-3-5-12(11)10-13/h2-5,13H,6-10H2,1H3,(H,16,17,18). The quantitative estimate of drug-likeness (QED) is 0.848. The molecule has 5 nitrogen and oxygen atoms in total. The van der Waals surface area contributed by atoms with Crippen molar-refractivity contribution in [3.05, 3.63) is 41.2 Å². The van der Waals surface area contributed by atoms with E-state index in [1.807, 2.05) is 0 Å². The first-order chi connectivity index (χ1) is 9.86. The van der Waals surface area contributed by atoms with Crippen LogP contribution in [0.3, 0.4) is 0 Å². The van der Waals surface area contributed by atoms with Gasteiger partial charge in [0.2, 0.25) is 0 Å². The van der Waals surface area contributed by atoms with Gasteiger partial charge < -0.3 is 14.6 Å². The SMILES string of the molecule is COCCNc1nc(C2CCc3ccccc3C2)no1. The van der Waals surface area contributed by atoms with Crippen molar-refractivity contribution in [1.29, 1.82) is 0 Å². The molecule has 2 aromatic rings. The van der Waals surface area contributed by atoms with Gasteiger partial charge >= 0.3 is 6.01 Å². The molecule has 1 unspecified atom stereocenters. The molecule has 1 heterocycles. The van der Waals surface area contributed by atoms with Crippen LogP contribution in [0.25, 0.3) is 0 Å². The number of hydrogen-bond donors (Lipinski definition) is 1. The van der Waals surface area contributed by atoms with Crippen LogP contribution in [0.4, 0.5) is 6.01 Å². The lowest BCUT2D eigenvalue weighted by Gasteiger charge is -2.21. The molecule has 0 saturated carbocycles. The topological polar surface area (TPSA) is 60.2 Å². The minimum atomic E-state index is 0.353. The van der Waals surface area contributed by atoms with E-state index >= 15 is 0 Å². The normalized spacial score (nSPS) is 17.8. The fraction of sp³-hybridized carbons (Fsp3) is 0.467. The number of anilines is 1. The molecule has 1 aliphatic carbocycles. The molecule has 0 fully saturated rings. The number of aromatic nitrogens is 2. The summed E-state index contributed by atoms with van der Waals surface area (Å²) >= 11 is 0. The molecular formula is C15H19N3O2. The number of ether oxygens (including phenoxy) is 1. The van der Waals surface area contributed by atoms with E-state index in [-0.39, 0.29) is 0 Å². The lowest BCUT2D eigenvalue weighted by atomic mass is 9.83. The van der Waals surface area contributed by atoms with Crippen molar-refractivity contribution in [2.45, 2.75) is 25.2 Å². The van der Waals surface area contributed by atoms with Gasteiger partial charge in [-0.05, 0) is 30.4 Å². The zero-order chi connectivity index (χ0) is 13.8. The summed E-state index contributed by atoms with van der Waals surface area (Å²) in [5.41, 5.74) is 2.85. The zero-order valence-corrected chi connectivity index (χ0v) is 11.6. The monoisotopic (exact) mass is 273 g/mol. The summed E-state index contributed by atoms with van der Waals surface area (Å²) in [6, 6.07) is 9.08. The summed E-state index contributed by atoms with van der Waals surface area (Å²) in [6.07, 6.45) is 3.16. The smallest absolute Gasteiger partial charge is 0.321 e. The van der Waals surface area contributed by atoms with Crippen LogP contribution in [0.1, 0.15) is 29.3 Å². The van der Waals surface area contributed by atoms with Crippen LogP contribution < -0.4 is 5.32 Å². The van der Waals surface area contributed by atoms with Crippen molar-refractivity contribution in [3.63, 3.8) is 0 Å². The van der Waals surface area contributed by atoms with Crippen LogP contribution in [0.2, 0.25) is 0 Å². The third-order valence-corrected chi connectivity index (χ3v) is 3.74. The second-order valence-corrected chi connectivity index (χ2v) is 5.09. The van der Waals surface area contributed by atoms with Crippen molar-refractivity contribution in [1.82, 2.24) is 10.1 Å². The average Bonchev–Trinajstić information content (AvgIpc) is 2.96. The van der Waals surface area contributed by atoms with E-state index in [1.54, 1.807) is 7.11 Å². The third-order valence-electron chi connectivity index (χ3n) is 3.74. The van der Waals surface area contributed by atoms with Gasteiger partial charge in [-0.2, -0.15) is 4.98 Å². The van der Waals surface area contributed by atoms with Crippen molar-refractivity contribution in [2.24, 2.45) is 0 Å². The summed E-state index contributed by atoms with van der Waals surface area (Å²) in [5.74, 6) is 1.16. The third kappa shape index (κ3) is 2.82. The van der Waals surface area contributed by atoms with E-state index in [2.05, 4.69) is 39.7 Å². The van der Waals surface area contributed by atoms with Gasteiger partial charge in [0.05, 0.1) is 6.61 Å². The van der Waals surface area contributed by atoms with E-state index in [1.165, 1.54) is 11.1 Å². The molecule has 1 aliphatic rings. The van der Waals surface area contributed by atoms with Gasteiger partial charge in [0.1, 0.15) is 0 Å². The van der Waals surface area contributed by atoms with Gasteiger partial charge in [-0.25, -0.2) is 0 Å². The minimum absolute atomic E-state index is 0.353. The maximum Gasteiger partial charge on any atom is 0.321 e. The van der Waals surface area contributed by atoms with Crippen molar-refractivity contribution in [2.75, 3.05) is 25.6 Å². The van der Waals surface area contributed by atoms with Gasteiger partial charge in [-0.15, -0.1) is 0 Å². The molecular weight excluding hydrogens is 254 g/mol. The molecule has 0 aliphatic heterocycles. The Labute approximate surface area is 118 Å². The van der Waals surface area contributed by atoms with E-state index in [0.717, 1.165) is 25.1 Å². The van der Waals surface area contributed by atoms with E-state index in [9.17, 15) is 0 Å². The first-order valence-electron chi connectivity index (χ1n) is 7.00. The van der Waals surface area contributed by atoms with Gasteiger partial charge in [-0.1, -0.05) is 29.4 Å². The fourth-order valence-electron chi connectivity index (χ4n) is 2.65. The minimum Gasteiger partial charge on any atom is -0.383 e. The lowest BCUT2D eigenvalue weighted by molar-refractivity contribution is 0.210. The second-order valence-electron chi connectivity index (χ2n) is 5.09. The van der Waals surface area contributed by atoms with Crippen molar-refractivity contribution in [3.8, 4) is 0 Å². The first-order valence-corrected chi connectivity index (χ1v) is 7.00. The highest BCUT2D eigenvalue weighted by Gasteiger charge is 2.23. The number of fused-ring (bicyclic) bond motifs is 1. The van der Waals surface area contributed by atoms with Gasteiger partial charge in [0.25, 0.3) is 0 Å². The number of methoxy groups -OCH3 is 1. The summed E-state index contributed by atoms with van der Waals surface area (Å²) in [6.45, 7) is 1.29. The number of aryl methyl sites for hydroxylation is 1. The van der Waals surface area contributed by atoms with Crippen LogP contribution in [-0.2, 0) is 17.6 Å². The molecule has 0 saturated heterocycles. The number of benzene rings is 1. The number of nitrogens with one attached hydrogen (secondary N) is 1. The molecule has 0 amide bonds. The van der Waals surface area contributed by atoms with Gasteiger partial charge in [0, 0.05) is 19.6 Å². The maximum atomic E-state index is 5.22. The Kier molecular flexibility index (Phi) is 3.97. The Morgan fingerprint density at radius 1 is 1.35 bits per heavy atom. The average molecular weight is 273 g/mol. The Morgan fingerprint density at radius 3 is 3.05 bits per heavy atom. The molecule has 0 bridgehead atoms. The number of nitrogens with zero attached hydrogens (tertiary/aromatic N) is 2. The summed E-state index contributed by atoms with van der Waals surface area (Å²) in [7, 11) is 1.67. The predicted octanol–water partition coefficient (Wildman–Crippen LogP) is 2.40. The second kappa shape index (κ2) is 6.05. The molecule has 1 aromatic heterocycles. The van der Waals surface area contributed by atoms with Crippen LogP contribution in [0.5, 0.6) is 0 Å². The van der Waals surface area contributed by atoms with Crippen LogP contribution >= 0.6 is 0 Å². The fourth-order valence-corrected chi connectivity index (χ4v) is 2.65. The van der Waals surface area contributed by atoms with Crippen molar-refractivity contribution >= 4 is 6.01 Å². The Balaban J connectivity index is 1.66. The van der Waals surface area contributed by atoms with Gasteiger partial charge in [0.15, 0.2) is 5.82 Å². The molecule has 1 aromatic carbocycles. The first kappa shape index (κ1) is 13.1. The molecule has 3 rings (SSSR count). The lowest BCUT2D eigenvalue weighted by Crippen LogP contribution is -2.14. The molecule has 20 heavy (non-hydrogen) atoms. The van der Waals surface area contributed by atoms with Gasteiger partial charge in [-0.3, -0.25) is 0 Å². The van der Waals surface area contributed by atoms with Crippen molar-refractivity contribution < 1.29 is 9.26 Å². The highest BCUT2D eigenvalue weighted by molar-refractivity contribution is 5.32. The predicted molar refractivity (Wildman–Crippen MR) is 75.9 cm³/mol. The summed E-state index contributed by atoms with van der Waals surface area (Å²) in [5, 5.41) is 7.16.